The average Bonchev–Trinajstić information content (AvgIpc) is 2.61. The Balaban J connectivity index is 2.55. The van der Waals surface area contributed by atoms with Gasteiger partial charge in [0.1, 0.15) is 0 Å². The van der Waals surface area contributed by atoms with E-state index in [1.165, 1.54) is 0 Å². The molecule has 0 aliphatic carbocycles. The first-order valence-electron chi connectivity index (χ1n) is 6.35. The van der Waals surface area contributed by atoms with Crippen LogP contribution in [0.5, 0.6) is 0 Å². The molecule has 0 saturated carbocycles. The van der Waals surface area contributed by atoms with E-state index in [9.17, 15) is 0 Å². The third-order valence-corrected chi connectivity index (χ3v) is 3.63. The van der Waals surface area contributed by atoms with Crippen molar-refractivity contribution >= 4 is 0 Å². The zero-order chi connectivity index (χ0) is 13.1. The highest BCUT2D eigenvalue weighted by atomic mass is 15.4. The predicted molar refractivity (Wildman–Crippen MR) is 70.8 cm³/mol. The van der Waals surface area contributed by atoms with Crippen LogP contribution in [0.25, 0.3) is 0 Å². The molecular formula is C13H26N4. The van der Waals surface area contributed by atoms with Crippen molar-refractivity contribution in [3.05, 3.63) is 11.9 Å². The van der Waals surface area contributed by atoms with Crippen molar-refractivity contribution in [2.24, 2.45) is 18.4 Å². The lowest BCUT2D eigenvalue weighted by molar-refractivity contribution is 0.224. The molecule has 0 saturated heterocycles. The van der Waals surface area contributed by atoms with E-state index < -0.39 is 0 Å². The number of hydrogen-bond donors (Lipinski definition) is 1. The minimum atomic E-state index is 0.359. The lowest BCUT2D eigenvalue weighted by Gasteiger charge is -2.30. The van der Waals surface area contributed by atoms with E-state index in [-0.39, 0.29) is 0 Å². The van der Waals surface area contributed by atoms with Crippen molar-refractivity contribution in [1.82, 2.24) is 20.3 Å². The fourth-order valence-corrected chi connectivity index (χ4v) is 1.82. The zero-order valence-corrected chi connectivity index (χ0v) is 12.0. The fraction of sp³-hybridized carbons (Fsp3) is 0.846. The fourth-order valence-electron chi connectivity index (χ4n) is 1.82. The van der Waals surface area contributed by atoms with E-state index in [1.807, 2.05) is 20.3 Å². The second-order valence-electron chi connectivity index (χ2n) is 6.08. The van der Waals surface area contributed by atoms with Crippen LogP contribution in [0.3, 0.4) is 0 Å². The topological polar surface area (TPSA) is 42.7 Å². The summed E-state index contributed by atoms with van der Waals surface area (Å²) in [6.45, 7) is 9.22. The van der Waals surface area contributed by atoms with E-state index in [0.717, 1.165) is 18.5 Å². The van der Waals surface area contributed by atoms with Gasteiger partial charge in [-0.15, -0.1) is 5.10 Å². The van der Waals surface area contributed by atoms with Gasteiger partial charge in [0.15, 0.2) is 0 Å². The van der Waals surface area contributed by atoms with E-state index >= 15 is 0 Å². The molecule has 0 aromatic carbocycles. The summed E-state index contributed by atoms with van der Waals surface area (Å²) in [5.74, 6) is 0.677. The molecule has 0 aliphatic rings. The van der Waals surface area contributed by atoms with Gasteiger partial charge in [-0.25, -0.2) is 0 Å². The van der Waals surface area contributed by atoms with Gasteiger partial charge in [-0.1, -0.05) is 32.9 Å². The molecule has 1 N–H and O–H groups in total. The van der Waals surface area contributed by atoms with Crippen LogP contribution in [0.15, 0.2) is 6.20 Å². The number of rotatable bonds is 5. The first kappa shape index (κ1) is 14.2. The number of aromatic nitrogens is 3. The second kappa shape index (κ2) is 5.63. The summed E-state index contributed by atoms with van der Waals surface area (Å²) >= 11 is 0. The summed E-state index contributed by atoms with van der Waals surface area (Å²) < 4.78 is 1.76. The predicted octanol–water partition coefficient (Wildman–Crippen LogP) is 2.02. The summed E-state index contributed by atoms with van der Waals surface area (Å²) in [5, 5.41) is 11.5. The molecule has 0 aliphatic heterocycles. The van der Waals surface area contributed by atoms with Crippen molar-refractivity contribution in [2.45, 2.75) is 46.6 Å². The van der Waals surface area contributed by atoms with Gasteiger partial charge in [-0.2, -0.15) is 0 Å². The molecule has 4 heteroatoms. The smallest absolute Gasteiger partial charge is 0.0842 e. The van der Waals surface area contributed by atoms with Crippen molar-refractivity contribution in [3.8, 4) is 0 Å². The minimum absolute atomic E-state index is 0.359. The van der Waals surface area contributed by atoms with Crippen LogP contribution < -0.4 is 5.32 Å². The molecule has 0 radical (unpaired) electrons. The highest BCUT2D eigenvalue weighted by Crippen LogP contribution is 2.29. The van der Waals surface area contributed by atoms with Crippen molar-refractivity contribution in [1.29, 1.82) is 0 Å². The number of nitrogens with zero attached hydrogens (tertiary/aromatic N) is 3. The summed E-state index contributed by atoms with van der Waals surface area (Å²) in [6.07, 6.45) is 4.10. The number of aryl methyl sites for hydroxylation is 1. The second-order valence-corrected chi connectivity index (χ2v) is 6.08. The molecule has 1 aromatic rings. The van der Waals surface area contributed by atoms with Crippen LogP contribution in [-0.4, -0.2) is 28.1 Å². The quantitative estimate of drug-likeness (QED) is 0.853. The van der Waals surface area contributed by atoms with Gasteiger partial charge >= 0.3 is 0 Å². The van der Waals surface area contributed by atoms with Gasteiger partial charge in [0.25, 0.3) is 0 Å². The molecule has 2 atom stereocenters. The van der Waals surface area contributed by atoms with Gasteiger partial charge < -0.3 is 5.32 Å². The van der Waals surface area contributed by atoms with Crippen LogP contribution in [0, 0.1) is 11.3 Å². The third-order valence-electron chi connectivity index (χ3n) is 3.63. The Kier molecular flexibility index (Phi) is 4.69. The SMILES string of the molecule is CNC(Cc1cn(C)nn1)CC(C)C(C)(C)C. The molecule has 0 fully saturated rings. The highest BCUT2D eigenvalue weighted by molar-refractivity contribution is 4.96. The van der Waals surface area contributed by atoms with Crippen molar-refractivity contribution < 1.29 is 0 Å². The largest absolute Gasteiger partial charge is 0.317 e. The first-order valence-corrected chi connectivity index (χ1v) is 6.35. The average molecular weight is 238 g/mol. The highest BCUT2D eigenvalue weighted by Gasteiger charge is 2.23. The lowest BCUT2D eigenvalue weighted by atomic mass is 9.78. The Hall–Kier alpha value is -0.900. The third kappa shape index (κ3) is 4.46. The standard InChI is InChI=1S/C13H26N4/c1-10(13(2,3)4)7-11(14-5)8-12-9-17(6)16-15-12/h9-11,14H,7-8H2,1-6H3. The van der Waals surface area contributed by atoms with Gasteiger partial charge in [-0.3, -0.25) is 4.68 Å². The molecule has 0 bridgehead atoms. The molecular weight excluding hydrogens is 212 g/mol. The molecule has 17 heavy (non-hydrogen) atoms. The van der Waals surface area contributed by atoms with E-state index in [2.05, 4.69) is 43.3 Å². The maximum Gasteiger partial charge on any atom is 0.0842 e. The molecule has 98 valence electrons. The Bertz CT molecular complexity index is 337. The van der Waals surface area contributed by atoms with Crippen molar-refractivity contribution in [2.75, 3.05) is 7.05 Å². The minimum Gasteiger partial charge on any atom is -0.317 e. The molecule has 4 nitrogen and oxygen atoms in total. The number of nitrogens with one attached hydrogen (secondary N) is 1. The van der Waals surface area contributed by atoms with Crippen molar-refractivity contribution in [3.63, 3.8) is 0 Å². The molecule has 0 spiro atoms. The Morgan fingerprint density at radius 1 is 1.41 bits per heavy atom. The molecule has 1 aromatic heterocycles. The van der Waals surface area contributed by atoms with Gasteiger partial charge in [0, 0.05) is 25.7 Å². The molecule has 2 unspecified atom stereocenters. The summed E-state index contributed by atoms with van der Waals surface area (Å²) in [6, 6.07) is 0.473. The monoisotopic (exact) mass is 238 g/mol. The molecule has 1 heterocycles. The molecule has 0 amide bonds. The van der Waals surface area contributed by atoms with Gasteiger partial charge in [0.05, 0.1) is 5.69 Å². The summed E-state index contributed by atoms with van der Waals surface area (Å²) in [5.41, 5.74) is 1.42. The van der Waals surface area contributed by atoms with E-state index in [0.29, 0.717) is 17.4 Å². The Morgan fingerprint density at radius 2 is 2.06 bits per heavy atom. The van der Waals surface area contributed by atoms with Crippen LogP contribution in [0.2, 0.25) is 0 Å². The van der Waals surface area contributed by atoms with Crippen LogP contribution in [-0.2, 0) is 13.5 Å². The normalized spacial score (nSPS) is 15.9. The van der Waals surface area contributed by atoms with Crippen LogP contribution >= 0.6 is 0 Å². The zero-order valence-electron chi connectivity index (χ0n) is 12.0. The summed E-state index contributed by atoms with van der Waals surface area (Å²) in [4.78, 5) is 0. The number of hydrogen-bond acceptors (Lipinski definition) is 3. The Labute approximate surface area is 105 Å². The van der Waals surface area contributed by atoms with Gasteiger partial charge in [-0.05, 0) is 24.8 Å². The Morgan fingerprint density at radius 3 is 2.47 bits per heavy atom. The maximum absolute atomic E-state index is 4.15. The molecule has 1 rings (SSSR count). The summed E-state index contributed by atoms with van der Waals surface area (Å²) in [7, 11) is 3.93. The first-order chi connectivity index (χ1) is 7.82. The van der Waals surface area contributed by atoms with Crippen LogP contribution in [0.4, 0.5) is 0 Å². The number of likely N-dealkylation sites (N-methyl/N-ethyl adjacent to an activating group) is 1. The van der Waals surface area contributed by atoms with E-state index in [1.54, 1.807) is 4.68 Å². The lowest BCUT2D eigenvalue weighted by Crippen LogP contribution is -2.33. The van der Waals surface area contributed by atoms with E-state index in [4.69, 9.17) is 0 Å². The maximum atomic E-state index is 4.15. The van der Waals surface area contributed by atoms with Gasteiger partial charge in [0.2, 0.25) is 0 Å². The van der Waals surface area contributed by atoms with Crippen LogP contribution in [0.1, 0.15) is 39.8 Å².